The van der Waals surface area contributed by atoms with Crippen molar-refractivity contribution in [2.24, 2.45) is 0 Å². The summed E-state index contributed by atoms with van der Waals surface area (Å²) in [5, 5.41) is 8.80. The summed E-state index contributed by atoms with van der Waals surface area (Å²) in [5.74, 6) is 0. The molecule has 1 N–H and O–H groups in total. The highest BCUT2D eigenvalue weighted by atomic mass is 16.3. The minimum absolute atomic E-state index is 0.311. The summed E-state index contributed by atoms with van der Waals surface area (Å²) in [6, 6.07) is 0.537. The molecule has 2 nitrogen and oxygen atoms in total. The van der Waals surface area contributed by atoms with Crippen molar-refractivity contribution in [2.75, 3.05) is 19.7 Å². The average molecular weight is 173 g/mol. The van der Waals surface area contributed by atoms with Crippen molar-refractivity contribution in [3.05, 3.63) is 0 Å². The predicted octanol–water partition coefficient (Wildman–Crippen LogP) is 1.88. The number of aliphatic hydroxyl groups is 1. The van der Waals surface area contributed by atoms with Gasteiger partial charge in [-0.2, -0.15) is 0 Å². The smallest absolute Gasteiger partial charge is 0.0445 e. The Hall–Kier alpha value is -0.0800. The van der Waals surface area contributed by atoms with Gasteiger partial charge in [0.15, 0.2) is 0 Å². The molecule has 0 spiro atoms. The number of hydrogen-bond acceptors (Lipinski definition) is 2. The molecule has 0 aromatic heterocycles. The highest BCUT2D eigenvalue weighted by Gasteiger charge is 2.10. The molecule has 2 heteroatoms. The SMILES string of the molecule is CCCN(CCC)C(C)CCO. The van der Waals surface area contributed by atoms with Crippen LogP contribution >= 0.6 is 0 Å². The standard InChI is InChI=1S/C10H23NO/c1-4-7-11(8-5-2)10(3)6-9-12/h10,12H,4-9H2,1-3H3. The fraction of sp³-hybridized carbons (Fsp3) is 1.00. The highest BCUT2D eigenvalue weighted by Crippen LogP contribution is 2.04. The van der Waals surface area contributed by atoms with Crippen molar-refractivity contribution in [3.8, 4) is 0 Å². The molecule has 0 saturated carbocycles. The Labute approximate surface area is 76.6 Å². The molecule has 0 aromatic carbocycles. The van der Waals surface area contributed by atoms with Crippen LogP contribution in [0.4, 0.5) is 0 Å². The van der Waals surface area contributed by atoms with Crippen LogP contribution in [0.5, 0.6) is 0 Å². The van der Waals surface area contributed by atoms with Crippen LogP contribution in [-0.2, 0) is 0 Å². The van der Waals surface area contributed by atoms with Crippen molar-refractivity contribution in [1.29, 1.82) is 0 Å². The number of rotatable bonds is 7. The maximum Gasteiger partial charge on any atom is 0.0445 e. The summed E-state index contributed by atoms with van der Waals surface area (Å²) in [5.41, 5.74) is 0. The second kappa shape index (κ2) is 7.56. The maximum absolute atomic E-state index is 8.80. The topological polar surface area (TPSA) is 23.5 Å². The monoisotopic (exact) mass is 173 g/mol. The number of nitrogens with zero attached hydrogens (tertiary/aromatic N) is 1. The van der Waals surface area contributed by atoms with E-state index in [0.717, 1.165) is 19.5 Å². The molecule has 0 bridgehead atoms. The van der Waals surface area contributed by atoms with Crippen molar-refractivity contribution in [2.45, 2.75) is 46.1 Å². The lowest BCUT2D eigenvalue weighted by Crippen LogP contribution is -2.35. The lowest BCUT2D eigenvalue weighted by Gasteiger charge is -2.27. The highest BCUT2D eigenvalue weighted by molar-refractivity contribution is 4.65. The molecule has 0 aromatic rings. The third kappa shape index (κ3) is 4.73. The van der Waals surface area contributed by atoms with Gasteiger partial charge in [0.25, 0.3) is 0 Å². The summed E-state index contributed by atoms with van der Waals surface area (Å²) in [4.78, 5) is 2.45. The second-order valence-corrected chi connectivity index (χ2v) is 3.40. The van der Waals surface area contributed by atoms with E-state index in [9.17, 15) is 0 Å². The van der Waals surface area contributed by atoms with Crippen LogP contribution in [0.3, 0.4) is 0 Å². The maximum atomic E-state index is 8.80. The fourth-order valence-electron chi connectivity index (χ4n) is 1.50. The Morgan fingerprint density at radius 1 is 1.17 bits per heavy atom. The van der Waals surface area contributed by atoms with E-state index in [0.29, 0.717) is 12.6 Å². The molecule has 0 aliphatic heterocycles. The number of hydrogen-bond donors (Lipinski definition) is 1. The molecule has 0 aliphatic carbocycles. The molecule has 0 heterocycles. The molecule has 1 unspecified atom stereocenters. The van der Waals surface area contributed by atoms with Gasteiger partial charge in [-0.25, -0.2) is 0 Å². The predicted molar refractivity (Wildman–Crippen MR) is 53.3 cm³/mol. The lowest BCUT2D eigenvalue weighted by atomic mass is 10.2. The Kier molecular flexibility index (Phi) is 7.51. The van der Waals surface area contributed by atoms with Gasteiger partial charge in [-0.05, 0) is 39.3 Å². The van der Waals surface area contributed by atoms with E-state index < -0.39 is 0 Å². The van der Waals surface area contributed by atoms with Gasteiger partial charge in [0.1, 0.15) is 0 Å². The van der Waals surface area contributed by atoms with E-state index in [1.165, 1.54) is 12.8 Å². The Morgan fingerprint density at radius 2 is 1.67 bits per heavy atom. The van der Waals surface area contributed by atoms with Crippen LogP contribution in [0.2, 0.25) is 0 Å². The molecule has 0 aliphatic rings. The van der Waals surface area contributed by atoms with E-state index in [-0.39, 0.29) is 0 Å². The quantitative estimate of drug-likeness (QED) is 0.635. The van der Waals surface area contributed by atoms with E-state index in [1.54, 1.807) is 0 Å². The average Bonchev–Trinajstić information content (AvgIpc) is 2.04. The van der Waals surface area contributed by atoms with Crippen molar-refractivity contribution < 1.29 is 5.11 Å². The van der Waals surface area contributed by atoms with E-state index >= 15 is 0 Å². The van der Waals surface area contributed by atoms with Crippen LogP contribution in [0.25, 0.3) is 0 Å². The summed E-state index contributed by atoms with van der Waals surface area (Å²) in [6.45, 7) is 9.24. The third-order valence-corrected chi connectivity index (χ3v) is 2.19. The molecule has 1 atom stereocenters. The minimum atomic E-state index is 0.311. The summed E-state index contributed by atoms with van der Waals surface area (Å²) >= 11 is 0. The van der Waals surface area contributed by atoms with Crippen LogP contribution in [0.15, 0.2) is 0 Å². The molecular weight excluding hydrogens is 150 g/mol. The Morgan fingerprint density at radius 3 is 2.00 bits per heavy atom. The number of aliphatic hydroxyl groups excluding tert-OH is 1. The van der Waals surface area contributed by atoms with Crippen LogP contribution < -0.4 is 0 Å². The summed E-state index contributed by atoms with van der Waals surface area (Å²) in [6.07, 6.45) is 3.31. The van der Waals surface area contributed by atoms with Crippen LogP contribution in [-0.4, -0.2) is 35.7 Å². The molecule has 74 valence electrons. The molecule has 0 fully saturated rings. The first-order valence-corrected chi connectivity index (χ1v) is 5.11. The van der Waals surface area contributed by atoms with Crippen molar-refractivity contribution in [3.63, 3.8) is 0 Å². The van der Waals surface area contributed by atoms with E-state index in [1.807, 2.05) is 0 Å². The third-order valence-electron chi connectivity index (χ3n) is 2.19. The second-order valence-electron chi connectivity index (χ2n) is 3.40. The summed E-state index contributed by atoms with van der Waals surface area (Å²) in [7, 11) is 0. The van der Waals surface area contributed by atoms with Crippen LogP contribution in [0.1, 0.15) is 40.0 Å². The van der Waals surface area contributed by atoms with Gasteiger partial charge in [-0.15, -0.1) is 0 Å². The zero-order valence-corrected chi connectivity index (χ0v) is 8.71. The van der Waals surface area contributed by atoms with Gasteiger partial charge in [0.05, 0.1) is 0 Å². The lowest BCUT2D eigenvalue weighted by molar-refractivity contribution is 0.167. The van der Waals surface area contributed by atoms with Crippen LogP contribution in [0, 0.1) is 0 Å². The minimum Gasteiger partial charge on any atom is -0.396 e. The van der Waals surface area contributed by atoms with Gasteiger partial charge in [0.2, 0.25) is 0 Å². The summed E-state index contributed by atoms with van der Waals surface area (Å²) < 4.78 is 0. The van der Waals surface area contributed by atoms with Crippen molar-refractivity contribution >= 4 is 0 Å². The largest absolute Gasteiger partial charge is 0.396 e. The Balaban J connectivity index is 3.72. The van der Waals surface area contributed by atoms with Gasteiger partial charge < -0.3 is 10.0 Å². The first kappa shape index (κ1) is 11.9. The fourth-order valence-corrected chi connectivity index (χ4v) is 1.50. The zero-order chi connectivity index (χ0) is 9.40. The van der Waals surface area contributed by atoms with Gasteiger partial charge in [-0.1, -0.05) is 13.8 Å². The first-order chi connectivity index (χ1) is 5.76. The van der Waals surface area contributed by atoms with Gasteiger partial charge in [0, 0.05) is 12.6 Å². The van der Waals surface area contributed by atoms with Gasteiger partial charge >= 0.3 is 0 Å². The normalized spacial score (nSPS) is 13.8. The van der Waals surface area contributed by atoms with Crippen molar-refractivity contribution in [1.82, 2.24) is 4.90 Å². The molecule has 12 heavy (non-hydrogen) atoms. The molecule has 0 saturated heterocycles. The molecule has 0 amide bonds. The molecular formula is C10H23NO. The zero-order valence-electron chi connectivity index (χ0n) is 8.71. The molecule has 0 radical (unpaired) electrons. The molecule has 0 rings (SSSR count). The van der Waals surface area contributed by atoms with E-state index in [2.05, 4.69) is 25.7 Å². The van der Waals surface area contributed by atoms with E-state index in [4.69, 9.17) is 5.11 Å². The van der Waals surface area contributed by atoms with Gasteiger partial charge in [-0.3, -0.25) is 0 Å². The first-order valence-electron chi connectivity index (χ1n) is 5.11. The Bertz CT molecular complexity index is 89.8.